The van der Waals surface area contributed by atoms with Crippen LogP contribution in [-0.4, -0.2) is 11.9 Å². The minimum atomic E-state index is -0.611. The van der Waals surface area contributed by atoms with Crippen molar-refractivity contribution in [3.8, 4) is 0 Å². The fourth-order valence-corrected chi connectivity index (χ4v) is 2.60. The molecule has 0 radical (unpaired) electrons. The topological polar surface area (TPSA) is 80.1 Å². The molecule has 0 saturated carbocycles. The number of hydrogen-bond acceptors (Lipinski definition) is 5. The first-order valence-electron chi connectivity index (χ1n) is 8.07. The standard InChI is InChI=1S/C20H13Cl2N3O3/c21-17-7-3-1-5-15(17)19(26)24-23-13-9-11-14(12-10-13)25-28-20(27)16-6-2-4-8-18(16)22/h1-12,25H. The smallest absolute Gasteiger partial charge is 0.338 e. The number of carbonyl (C=O) groups is 2. The highest BCUT2D eigenvalue weighted by atomic mass is 35.5. The van der Waals surface area contributed by atoms with Crippen molar-refractivity contribution in [2.24, 2.45) is 10.2 Å². The first kappa shape index (κ1) is 19.5. The van der Waals surface area contributed by atoms with E-state index >= 15 is 0 Å². The molecule has 0 unspecified atom stereocenters. The van der Waals surface area contributed by atoms with E-state index in [0.29, 0.717) is 21.4 Å². The predicted molar refractivity (Wildman–Crippen MR) is 107 cm³/mol. The Labute approximate surface area is 170 Å². The van der Waals surface area contributed by atoms with E-state index in [2.05, 4.69) is 15.7 Å². The quantitative estimate of drug-likeness (QED) is 0.404. The molecule has 0 atom stereocenters. The Balaban J connectivity index is 1.59. The number of azo groups is 1. The van der Waals surface area contributed by atoms with Gasteiger partial charge >= 0.3 is 5.97 Å². The summed E-state index contributed by atoms with van der Waals surface area (Å²) in [6.07, 6.45) is 0. The molecule has 3 aromatic carbocycles. The molecule has 1 amide bonds. The molecule has 28 heavy (non-hydrogen) atoms. The second-order valence-corrected chi connectivity index (χ2v) is 6.32. The van der Waals surface area contributed by atoms with E-state index in [0.717, 1.165) is 0 Å². The summed E-state index contributed by atoms with van der Waals surface area (Å²) < 4.78 is 0. The molecule has 0 fully saturated rings. The molecule has 0 bridgehead atoms. The zero-order valence-corrected chi connectivity index (χ0v) is 15.8. The Morgan fingerprint density at radius 1 is 0.786 bits per heavy atom. The molecule has 140 valence electrons. The highest BCUT2D eigenvalue weighted by molar-refractivity contribution is 6.34. The number of nitrogens with zero attached hydrogens (tertiary/aromatic N) is 2. The molecule has 0 saturated heterocycles. The molecule has 3 rings (SSSR count). The zero-order chi connectivity index (χ0) is 19.9. The number of anilines is 1. The van der Waals surface area contributed by atoms with Gasteiger partial charge in [0.25, 0.3) is 5.91 Å². The number of carbonyl (C=O) groups excluding carboxylic acids is 2. The van der Waals surface area contributed by atoms with Crippen molar-refractivity contribution in [2.75, 3.05) is 5.48 Å². The van der Waals surface area contributed by atoms with Crippen molar-refractivity contribution in [3.05, 3.63) is 94.0 Å². The van der Waals surface area contributed by atoms with Crippen LogP contribution in [0, 0.1) is 0 Å². The van der Waals surface area contributed by atoms with E-state index in [1.165, 1.54) is 0 Å². The van der Waals surface area contributed by atoms with Crippen molar-refractivity contribution in [2.45, 2.75) is 0 Å². The van der Waals surface area contributed by atoms with E-state index in [-0.39, 0.29) is 11.1 Å². The van der Waals surface area contributed by atoms with Crippen LogP contribution >= 0.6 is 23.2 Å². The second kappa shape index (κ2) is 9.12. The summed E-state index contributed by atoms with van der Waals surface area (Å²) >= 11 is 11.9. The van der Waals surface area contributed by atoms with Crippen molar-refractivity contribution in [3.63, 3.8) is 0 Å². The van der Waals surface area contributed by atoms with Gasteiger partial charge in [-0.3, -0.25) is 4.79 Å². The van der Waals surface area contributed by atoms with Crippen LogP contribution in [0.1, 0.15) is 20.7 Å². The third-order valence-electron chi connectivity index (χ3n) is 3.58. The minimum absolute atomic E-state index is 0.250. The van der Waals surface area contributed by atoms with Gasteiger partial charge in [-0.05, 0) is 48.5 Å². The molecule has 0 heterocycles. The SMILES string of the molecule is O=C(N=Nc1ccc(NOC(=O)c2ccccc2Cl)cc1)c1ccccc1Cl. The van der Waals surface area contributed by atoms with E-state index in [1.807, 2.05) is 0 Å². The molecule has 0 aliphatic carbocycles. The fourth-order valence-electron chi connectivity index (χ4n) is 2.17. The molecule has 6 nitrogen and oxygen atoms in total. The maximum Gasteiger partial charge on any atom is 0.364 e. The van der Waals surface area contributed by atoms with Gasteiger partial charge in [-0.15, -0.1) is 10.2 Å². The summed E-state index contributed by atoms with van der Waals surface area (Å²) in [5.74, 6) is -1.15. The van der Waals surface area contributed by atoms with Crippen LogP contribution in [0.2, 0.25) is 10.0 Å². The molecule has 3 aromatic rings. The van der Waals surface area contributed by atoms with Crippen LogP contribution in [0.5, 0.6) is 0 Å². The molecule has 0 spiro atoms. The van der Waals surface area contributed by atoms with Crippen LogP contribution in [0.4, 0.5) is 11.4 Å². The van der Waals surface area contributed by atoms with Crippen molar-refractivity contribution < 1.29 is 14.4 Å². The van der Waals surface area contributed by atoms with Gasteiger partial charge in [0.05, 0.1) is 32.5 Å². The summed E-state index contributed by atoms with van der Waals surface area (Å²) in [5.41, 5.74) is 4.01. The van der Waals surface area contributed by atoms with Gasteiger partial charge in [0.2, 0.25) is 0 Å². The van der Waals surface area contributed by atoms with E-state index < -0.39 is 11.9 Å². The number of benzene rings is 3. The molecular weight excluding hydrogens is 401 g/mol. The monoisotopic (exact) mass is 413 g/mol. The van der Waals surface area contributed by atoms with Crippen molar-refractivity contribution in [1.82, 2.24) is 0 Å². The summed E-state index contributed by atoms with van der Waals surface area (Å²) in [6.45, 7) is 0. The minimum Gasteiger partial charge on any atom is -0.338 e. The highest BCUT2D eigenvalue weighted by Gasteiger charge is 2.11. The fraction of sp³-hybridized carbons (Fsp3) is 0. The van der Waals surface area contributed by atoms with Crippen LogP contribution in [0.3, 0.4) is 0 Å². The zero-order valence-electron chi connectivity index (χ0n) is 14.3. The molecule has 0 aliphatic heterocycles. The summed E-state index contributed by atoms with van der Waals surface area (Å²) in [6, 6.07) is 19.6. The third kappa shape index (κ3) is 4.94. The molecule has 0 aliphatic rings. The Bertz CT molecular complexity index is 1040. The second-order valence-electron chi connectivity index (χ2n) is 5.50. The lowest BCUT2D eigenvalue weighted by molar-refractivity contribution is 0.0596. The van der Waals surface area contributed by atoms with Crippen LogP contribution in [-0.2, 0) is 4.84 Å². The highest BCUT2D eigenvalue weighted by Crippen LogP contribution is 2.20. The van der Waals surface area contributed by atoms with Crippen LogP contribution in [0.25, 0.3) is 0 Å². The van der Waals surface area contributed by atoms with Crippen LogP contribution in [0.15, 0.2) is 83.0 Å². The third-order valence-corrected chi connectivity index (χ3v) is 4.24. The number of halogens is 2. The van der Waals surface area contributed by atoms with Gasteiger partial charge in [0.15, 0.2) is 0 Å². The summed E-state index contributed by atoms with van der Waals surface area (Å²) in [5, 5.41) is 8.15. The molecule has 1 N–H and O–H groups in total. The van der Waals surface area contributed by atoms with E-state index in [4.69, 9.17) is 28.0 Å². The Hall–Kier alpha value is -3.22. The average molecular weight is 414 g/mol. The van der Waals surface area contributed by atoms with Crippen molar-refractivity contribution >= 4 is 46.5 Å². The number of rotatable bonds is 5. The van der Waals surface area contributed by atoms with Crippen LogP contribution < -0.4 is 5.48 Å². The average Bonchev–Trinajstić information content (AvgIpc) is 2.71. The lowest BCUT2D eigenvalue weighted by Crippen LogP contribution is -2.11. The van der Waals surface area contributed by atoms with Gasteiger partial charge in [0.1, 0.15) is 0 Å². The van der Waals surface area contributed by atoms with Gasteiger partial charge in [-0.25, -0.2) is 10.3 Å². The molecule has 0 aromatic heterocycles. The number of hydrogen-bond donors (Lipinski definition) is 1. The lowest BCUT2D eigenvalue weighted by Gasteiger charge is -2.07. The Kier molecular flexibility index (Phi) is 6.37. The van der Waals surface area contributed by atoms with Gasteiger partial charge < -0.3 is 4.84 Å². The Morgan fingerprint density at radius 3 is 1.96 bits per heavy atom. The predicted octanol–water partition coefficient (Wildman–Crippen LogP) is 6.10. The largest absolute Gasteiger partial charge is 0.364 e. The lowest BCUT2D eigenvalue weighted by atomic mass is 10.2. The summed E-state index contributed by atoms with van der Waals surface area (Å²) in [4.78, 5) is 29.0. The normalized spacial score (nSPS) is 10.6. The summed E-state index contributed by atoms with van der Waals surface area (Å²) in [7, 11) is 0. The first-order chi connectivity index (χ1) is 13.5. The molecule has 8 heteroatoms. The maximum atomic E-state index is 12.0. The number of nitrogens with one attached hydrogen (secondary N) is 1. The van der Waals surface area contributed by atoms with Gasteiger partial charge in [-0.1, -0.05) is 47.5 Å². The number of amides is 1. The van der Waals surface area contributed by atoms with E-state index in [9.17, 15) is 9.59 Å². The maximum absolute atomic E-state index is 12.0. The Morgan fingerprint density at radius 2 is 1.36 bits per heavy atom. The molecular formula is C20H13Cl2N3O3. The van der Waals surface area contributed by atoms with Gasteiger partial charge in [0, 0.05) is 0 Å². The van der Waals surface area contributed by atoms with E-state index in [1.54, 1.807) is 72.8 Å². The first-order valence-corrected chi connectivity index (χ1v) is 8.82. The van der Waals surface area contributed by atoms with Crippen molar-refractivity contribution in [1.29, 1.82) is 0 Å². The van der Waals surface area contributed by atoms with Gasteiger partial charge in [-0.2, -0.15) is 0 Å².